The van der Waals surface area contributed by atoms with Gasteiger partial charge in [-0.3, -0.25) is 0 Å². The molecule has 0 fully saturated rings. The van der Waals surface area contributed by atoms with Crippen LogP contribution in [0.5, 0.6) is 0 Å². The van der Waals surface area contributed by atoms with Gasteiger partial charge in [-0.2, -0.15) is 0 Å². The van der Waals surface area contributed by atoms with Crippen LogP contribution in [0.15, 0.2) is 28.7 Å². The second kappa shape index (κ2) is 5.59. The molecule has 18 heavy (non-hydrogen) atoms. The monoisotopic (exact) mass is 263 g/mol. The van der Waals surface area contributed by atoms with Crippen molar-refractivity contribution in [2.75, 3.05) is 6.54 Å². The lowest BCUT2D eigenvalue weighted by Gasteiger charge is -2.06. The molecular weight excluding hydrogens is 246 g/mol. The largest absolute Gasteiger partial charge is 0.460 e. The quantitative estimate of drug-likeness (QED) is 0.888. The van der Waals surface area contributed by atoms with Gasteiger partial charge in [-0.1, -0.05) is 18.5 Å². The van der Waals surface area contributed by atoms with E-state index in [4.69, 9.17) is 16.0 Å². The number of hydrogen-bond donors (Lipinski definition) is 1. The molecule has 2 nitrogen and oxygen atoms in total. The van der Waals surface area contributed by atoms with E-state index in [1.807, 2.05) is 32.0 Å². The van der Waals surface area contributed by atoms with Gasteiger partial charge in [0.1, 0.15) is 11.5 Å². The molecule has 2 rings (SSSR count). The van der Waals surface area contributed by atoms with Crippen LogP contribution in [0.1, 0.15) is 23.8 Å². The van der Waals surface area contributed by atoms with Crippen LogP contribution < -0.4 is 5.32 Å². The summed E-state index contributed by atoms with van der Waals surface area (Å²) in [4.78, 5) is 0. The summed E-state index contributed by atoms with van der Waals surface area (Å²) in [5.74, 6) is 1.86. The number of benzene rings is 1. The van der Waals surface area contributed by atoms with Crippen molar-refractivity contribution in [2.24, 2.45) is 0 Å². The Labute approximate surface area is 113 Å². The minimum Gasteiger partial charge on any atom is -0.460 e. The molecular formula is C15H18ClNO. The zero-order valence-electron chi connectivity index (χ0n) is 11.0. The first-order valence-corrected chi connectivity index (χ1v) is 6.56. The average Bonchev–Trinajstić information content (AvgIpc) is 2.79. The highest BCUT2D eigenvalue weighted by molar-refractivity contribution is 6.31. The second-order valence-corrected chi connectivity index (χ2v) is 4.87. The molecule has 1 N–H and O–H groups in total. The van der Waals surface area contributed by atoms with Crippen molar-refractivity contribution in [3.05, 3.63) is 46.2 Å². The Morgan fingerprint density at radius 1 is 1.17 bits per heavy atom. The van der Waals surface area contributed by atoms with Crippen molar-refractivity contribution >= 4 is 11.6 Å². The molecule has 0 spiro atoms. The first-order valence-electron chi connectivity index (χ1n) is 6.18. The Kier molecular flexibility index (Phi) is 4.10. The predicted molar refractivity (Wildman–Crippen MR) is 76.0 cm³/mol. The molecule has 0 aliphatic rings. The van der Waals surface area contributed by atoms with Crippen LogP contribution >= 0.6 is 11.6 Å². The van der Waals surface area contributed by atoms with Gasteiger partial charge in [0.25, 0.3) is 0 Å². The van der Waals surface area contributed by atoms with Crippen molar-refractivity contribution in [3.8, 4) is 11.3 Å². The van der Waals surface area contributed by atoms with Gasteiger partial charge < -0.3 is 9.73 Å². The maximum absolute atomic E-state index is 6.11. The van der Waals surface area contributed by atoms with Crippen LogP contribution in [-0.4, -0.2) is 6.54 Å². The second-order valence-electron chi connectivity index (χ2n) is 4.46. The van der Waals surface area contributed by atoms with Gasteiger partial charge in [0.05, 0.1) is 6.54 Å². The lowest BCUT2D eigenvalue weighted by Crippen LogP contribution is -2.10. The zero-order valence-corrected chi connectivity index (χ0v) is 11.8. The fourth-order valence-electron chi connectivity index (χ4n) is 1.91. The van der Waals surface area contributed by atoms with Gasteiger partial charge in [0, 0.05) is 10.6 Å². The normalized spacial score (nSPS) is 10.9. The molecule has 0 bridgehead atoms. The van der Waals surface area contributed by atoms with Gasteiger partial charge in [-0.05, 0) is 55.8 Å². The fraction of sp³-hybridized carbons (Fsp3) is 0.333. The van der Waals surface area contributed by atoms with E-state index in [0.717, 1.165) is 46.3 Å². The summed E-state index contributed by atoms with van der Waals surface area (Å²) in [5, 5.41) is 4.05. The molecule has 0 saturated carbocycles. The topological polar surface area (TPSA) is 25.2 Å². The van der Waals surface area contributed by atoms with Crippen LogP contribution in [0.2, 0.25) is 5.02 Å². The Morgan fingerprint density at radius 2 is 1.94 bits per heavy atom. The highest BCUT2D eigenvalue weighted by atomic mass is 35.5. The highest BCUT2D eigenvalue weighted by Gasteiger charge is 2.09. The summed E-state index contributed by atoms with van der Waals surface area (Å²) in [6.45, 7) is 7.84. The van der Waals surface area contributed by atoms with E-state index in [1.165, 1.54) is 0 Å². The summed E-state index contributed by atoms with van der Waals surface area (Å²) >= 11 is 6.11. The van der Waals surface area contributed by atoms with Crippen LogP contribution in [0.3, 0.4) is 0 Å². The fourth-order valence-corrected chi connectivity index (χ4v) is 2.13. The van der Waals surface area contributed by atoms with E-state index in [2.05, 4.69) is 18.3 Å². The number of furan rings is 1. The van der Waals surface area contributed by atoms with Crippen LogP contribution in [0, 0.1) is 13.8 Å². The molecule has 0 saturated heterocycles. The summed E-state index contributed by atoms with van der Waals surface area (Å²) in [6.07, 6.45) is 0. The molecule has 0 amide bonds. The molecule has 3 heteroatoms. The Morgan fingerprint density at radius 3 is 2.67 bits per heavy atom. The molecule has 1 aromatic carbocycles. The van der Waals surface area contributed by atoms with Crippen LogP contribution in [-0.2, 0) is 6.54 Å². The Balaban J connectivity index is 2.31. The average molecular weight is 264 g/mol. The third-order valence-electron chi connectivity index (χ3n) is 2.98. The van der Waals surface area contributed by atoms with E-state index < -0.39 is 0 Å². The highest BCUT2D eigenvalue weighted by Crippen LogP contribution is 2.30. The minimum atomic E-state index is 0.766. The zero-order chi connectivity index (χ0) is 13.1. The molecule has 0 atom stereocenters. The number of hydrogen-bond acceptors (Lipinski definition) is 2. The minimum absolute atomic E-state index is 0.766. The Bertz CT molecular complexity index is 545. The van der Waals surface area contributed by atoms with E-state index >= 15 is 0 Å². The van der Waals surface area contributed by atoms with Crippen molar-refractivity contribution in [1.29, 1.82) is 0 Å². The van der Waals surface area contributed by atoms with Gasteiger partial charge in [-0.25, -0.2) is 0 Å². The summed E-state index contributed by atoms with van der Waals surface area (Å²) in [5.41, 5.74) is 3.32. The summed E-state index contributed by atoms with van der Waals surface area (Å²) < 4.78 is 5.84. The number of aryl methyl sites for hydroxylation is 2. The van der Waals surface area contributed by atoms with Gasteiger partial charge in [0.2, 0.25) is 0 Å². The van der Waals surface area contributed by atoms with Crippen LogP contribution in [0.4, 0.5) is 0 Å². The smallest absolute Gasteiger partial charge is 0.134 e. The van der Waals surface area contributed by atoms with E-state index in [1.54, 1.807) is 0 Å². The molecule has 2 aromatic rings. The van der Waals surface area contributed by atoms with Gasteiger partial charge in [0.15, 0.2) is 0 Å². The SMILES string of the molecule is CCNCc1ccc(-c2cc(C)c(Cl)cc2C)o1. The maximum atomic E-state index is 6.11. The molecule has 0 radical (unpaired) electrons. The molecule has 0 aliphatic carbocycles. The molecule has 96 valence electrons. The van der Waals surface area contributed by atoms with E-state index in [-0.39, 0.29) is 0 Å². The van der Waals surface area contributed by atoms with E-state index in [9.17, 15) is 0 Å². The van der Waals surface area contributed by atoms with Crippen molar-refractivity contribution < 1.29 is 4.42 Å². The van der Waals surface area contributed by atoms with Crippen molar-refractivity contribution in [3.63, 3.8) is 0 Å². The molecule has 1 aromatic heterocycles. The standard InChI is InChI=1S/C15H18ClNO/c1-4-17-9-12-5-6-15(18-12)13-7-11(3)14(16)8-10(13)2/h5-8,17H,4,9H2,1-3H3. The van der Waals surface area contributed by atoms with Gasteiger partial charge in [-0.15, -0.1) is 0 Å². The predicted octanol–water partition coefficient (Wildman–Crippen LogP) is 4.33. The lowest BCUT2D eigenvalue weighted by molar-refractivity contribution is 0.498. The first kappa shape index (κ1) is 13.2. The third kappa shape index (κ3) is 2.77. The van der Waals surface area contributed by atoms with Crippen molar-refractivity contribution in [2.45, 2.75) is 27.3 Å². The van der Waals surface area contributed by atoms with Crippen molar-refractivity contribution in [1.82, 2.24) is 5.32 Å². The number of nitrogens with one attached hydrogen (secondary N) is 1. The number of rotatable bonds is 4. The summed E-state index contributed by atoms with van der Waals surface area (Å²) in [7, 11) is 0. The number of halogens is 1. The van der Waals surface area contributed by atoms with E-state index in [0.29, 0.717) is 0 Å². The molecule has 0 aliphatic heterocycles. The first-order chi connectivity index (χ1) is 8.61. The molecule has 0 unspecified atom stereocenters. The third-order valence-corrected chi connectivity index (χ3v) is 3.39. The summed E-state index contributed by atoms with van der Waals surface area (Å²) in [6, 6.07) is 8.09. The van der Waals surface area contributed by atoms with Gasteiger partial charge >= 0.3 is 0 Å². The molecule has 1 heterocycles. The van der Waals surface area contributed by atoms with Crippen LogP contribution in [0.25, 0.3) is 11.3 Å². The maximum Gasteiger partial charge on any atom is 0.134 e. The Hall–Kier alpha value is -1.25. The lowest BCUT2D eigenvalue weighted by atomic mass is 10.0.